The SMILES string of the molecule is COC1=CC(=O)[C@@H](CC=C(C)C)[C@@](C)(CCC=C(C)C)C1. The first-order valence-electron chi connectivity index (χ1n) is 7.83. The lowest BCUT2D eigenvalue weighted by atomic mass is 9.65. The molecule has 2 atom stereocenters. The Hall–Kier alpha value is -1.31. The summed E-state index contributed by atoms with van der Waals surface area (Å²) in [6, 6.07) is 0. The Morgan fingerprint density at radius 2 is 1.90 bits per heavy atom. The molecule has 0 saturated carbocycles. The molecule has 0 unspecified atom stereocenters. The van der Waals surface area contributed by atoms with E-state index in [1.807, 2.05) is 0 Å². The van der Waals surface area contributed by atoms with Gasteiger partial charge in [-0.3, -0.25) is 4.79 Å². The van der Waals surface area contributed by atoms with E-state index in [-0.39, 0.29) is 17.1 Å². The summed E-state index contributed by atoms with van der Waals surface area (Å²) in [4.78, 5) is 12.5. The van der Waals surface area contributed by atoms with Gasteiger partial charge in [0.25, 0.3) is 0 Å². The van der Waals surface area contributed by atoms with Crippen LogP contribution in [0.4, 0.5) is 0 Å². The van der Waals surface area contributed by atoms with Gasteiger partial charge in [-0.25, -0.2) is 0 Å². The molecule has 0 aromatic carbocycles. The van der Waals surface area contributed by atoms with E-state index >= 15 is 0 Å². The van der Waals surface area contributed by atoms with E-state index < -0.39 is 0 Å². The van der Waals surface area contributed by atoms with Gasteiger partial charge >= 0.3 is 0 Å². The Kier molecular flexibility index (Phi) is 6.44. The first-order chi connectivity index (χ1) is 9.78. The van der Waals surface area contributed by atoms with Crippen molar-refractivity contribution in [3.05, 3.63) is 35.1 Å². The molecule has 0 N–H and O–H groups in total. The minimum absolute atomic E-state index is 0.0188. The van der Waals surface area contributed by atoms with Crippen molar-refractivity contribution in [2.45, 2.75) is 60.3 Å². The second kappa shape index (κ2) is 7.63. The molecule has 1 aliphatic rings. The predicted molar refractivity (Wildman–Crippen MR) is 89.0 cm³/mol. The Morgan fingerprint density at radius 1 is 1.29 bits per heavy atom. The van der Waals surface area contributed by atoms with Crippen molar-refractivity contribution in [3.8, 4) is 0 Å². The van der Waals surface area contributed by atoms with E-state index in [0.29, 0.717) is 0 Å². The first kappa shape index (κ1) is 17.7. The number of hydrogen-bond donors (Lipinski definition) is 0. The number of ether oxygens (including phenoxy) is 1. The molecule has 0 saturated heterocycles. The van der Waals surface area contributed by atoms with Crippen LogP contribution < -0.4 is 0 Å². The quantitative estimate of drug-likeness (QED) is 0.627. The molecule has 0 amide bonds. The largest absolute Gasteiger partial charge is 0.501 e. The second-order valence-corrected chi connectivity index (χ2v) is 6.94. The molecule has 0 aromatic heterocycles. The fraction of sp³-hybridized carbons (Fsp3) is 0.632. The van der Waals surface area contributed by atoms with Crippen molar-refractivity contribution in [1.29, 1.82) is 0 Å². The van der Waals surface area contributed by atoms with Gasteiger partial charge in [-0.15, -0.1) is 0 Å². The van der Waals surface area contributed by atoms with E-state index in [9.17, 15) is 4.79 Å². The molecule has 2 heteroatoms. The van der Waals surface area contributed by atoms with Gasteiger partial charge in [0.15, 0.2) is 5.78 Å². The summed E-state index contributed by atoms with van der Waals surface area (Å²) in [5.41, 5.74) is 2.59. The maximum Gasteiger partial charge on any atom is 0.162 e. The third-order valence-corrected chi connectivity index (χ3v) is 4.36. The highest BCUT2D eigenvalue weighted by atomic mass is 16.5. The molecule has 0 spiro atoms. The van der Waals surface area contributed by atoms with Crippen molar-refractivity contribution in [3.63, 3.8) is 0 Å². The van der Waals surface area contributed by atoms with Crippen molar-refractivity contribution in [2.24, 2.45) is 11.3 Å². The third-order valence-electron chi connectivity index (χ3n) is 4.36. The topological polar surface area (TPSA) is 26.3 Å². The van der Waals surface area contributed by atoms with E-state index in [2.05, 4.69) is 46.8 Å². The number of rotatable bonds is 6. The normalized spacial score (nSPS) is 25.1. The average molecular weight is 290 g/mol. The molecular formula is C19H30O2. The number of hydrogen-bond acceptors (Lipinski definition) is 2. The van der Waals surface area contributed by atoms with Crippen molar-refractivity contribution in [1.82, 2.24) is 0 Å². The van der Waals surface area contributed by atoms with E-state index in [4.69, 9.17) is 4.74 Å². The van der Waals surface area contributed by atoms with E-state index in [1.54, 1.807) is 13.2 Å². The molecule has 0 aromatic rings. The van der Waals surface area contributed by atoms with Crippen molar-refractivity contribution >= 4 is 5.78 Å². The molecule has 0 fully saturated rings. The van der Waals surface area contributed by atoms with Gasteiger partial charge in [0, 0.05) is 18.4 Å². The summed E-state index contributed by atoms with van der Waals surface area (Å²) in [5.74, 6) is 1.11. The van der Waals surface area contributed by atoms with Gasteiger partial charge in [0.05, 0.1) is 12.9 Å². The molecule has 2 nitrogen and oxygen atoms in total. The minimum Gasteiger partial charge on any atom is -0.501 e. The lowest BCUT2D eigenvalue weighted by molar-refractivity contribution is -0.123. The fourth-order valence-electron chi connectivity index (χ4n) is 3.01. The number of ketones is 1. The number of carbonyl (C=O) groups excluding carboxylic acids is 1. The van der Waals surface area contributed by atoms with Crippen LogP contribution in [0.15, 0.2) is 35.1 Å². The van der Waals surface area contributed by atoms with Crippen LogP contribution in [0.1, 0.15) is 60.3 Å². The van der Waals surface area contributed by atoms with E-state index in [0.717, 1.165) is 31.4 Å². The van der Waals surface area contributed by atoms with Gasteiger partial charge in [0.1, 0.15) is 0 Å². The standard InChI is InChI=1S/C19H30O2/c1-14(2)8-7-11-19(5)13-16(21-6)12-18(20)17(19)10-9-15(3)4/h8-9,12,17H,7,10-11,13H2,1-6H3/t17-,19+/m1/s1. The molecule has 0 radical (unpaired) electrons. The molecule has 1 aliphatic carbocycles. The maximum absolute atomic E-state index is 12.5. The predicted octanol–water partition coefficient (Wildman–Crippen LogP) is 5.21. The minimum atomic E-state index is -0.0188. The smallest absolute Gasteiger partial charge is 0.162 e. The van der Waals surface area contributed by atoms with Crippen LogP contribution in [0.3, 0.4) is 0 Å². The van der Waals surface area contributed by atoms with E-state index in [1.165, 1.54) is 11.1 Å². The number of carbonyl (C=O) groups is 1. The van der Waals surface area contributed by atoms with Gasteiger partial charge < -0.3 is 4.74 Å². The van der Waals surface area contributed by atoms with Crippen molar-refractivity contribution in [2.75, 3.05) is 7.11 Å². The van der Waals surface area contributed by atoms with Crippen LogP contribution in [0.25, 0.3) is 0 Å². The van der Waals surface area contributed by atoms with Crippen LogP contribution in [0.2, 0.25) is 0 Å². The second-order valence-electron chi connectivity index (χ2n) is 6.94. The summed E-state index contributed by atoms with van der Waals surface area (Å²) >= 11 is 0. The summed E-state index contributed by atoms with van der Waals surface area (Å²) in [6.07, 6.45) is 9.88. The fourth-order valence-corrected chi connectivity index (χ4v) is 3.01. The lowest BCUT2D eigenvalue weighted by Gasteiger charge is -2.39. The van der Waals surface area contributed by atoms with Gasteiger partial charge in [-0.1, -0.05) is 30.2 Å². The first-order valence-corrected chi connectivity index (χ1v) is 7.83. The lowest BCUT2D eigenvalue weighted by Crippen LogP contribution is -2.36. The van der Waals surface area contributed by atoms with Crippen LogP contribution >= 0.6 is 0 Å². The zero-order valence-corrected chi connectivity index (χ0v) is 14.5. The van der Waals surface area contributed by atoms with Gasteiger partial charge in [0.2, 0.25) is 0 Å². The Labute approximate surface area is 130 Å². The highest BCUT2D eigenvalue weighted by molar-refractivity contribution is 5.93. The zero-order chi connectivity index (χ0) is 16.0. The molecule has 118 valence electrons. The molecule has 0 bridgehead atoms. The molecule has 0 aliphatic heterocycles. The Bertz CT molecular complexity index is 460. The molecular weight excluding hydrogens is 260 g/mol. The average Bonchev–Trinajstić information content (AvgIpc) is 2.36. The van der Waals surface area contributed by atoms with Gasteiger partial charge in [-0.2, -0.15) is 0 Å². The monoisotopic (exact) mass is 290 g/mol. The van der Waals surface area contributed by atoms with Crippen LogP contribution in [0, 0.1) is 11.3 Å². The van der Waals surface area contributed by atoms with Gasteiger partial charge in [-0.05, 0) is 52.4 Å². The molecule has 1 rings (SSSR count). The van der Waals surface area contributed by atoms with Crippen LogP contribution in [-0.4, -0.2) is 12.9 Å². The van der Waals surface area contributed by atoms with Crippen molar-refractivity contribution < 1.29 is 9.53 Å². The molecule has 21 heavy (non-hydrogen) atoms. The summed E-state index contributed by atoms with van der Waals surface area (Å²) < 4.78 is 5.37. The third kappa shape index (κ3) is 5.18. The maximum atomic E-state index is 12.5. The Balaban J connectivity index is 2.97. The highest BCUT2D eigenvalue weighted by Gasteiger charge is 2.41. The highest BCUT2D eigenvalue weighted by Crippen LogP contribution is 2.45. The van der Waals surface area contributed by atoms with Crippen LogP contribution in [-0.2, 0) is 9.53 Å². The number of allylic oxidation sites excluding steroid dienone is 6. The van der Waals surface area contributed by atoms with Crippen LogP contribution in [0.5, 0.6) is 0 Å². The number of methoxy groups -OCH3 is 1. The summed E-state index contributed by atoms with van der Waals surface area (Å²) in [7, 11) is 1.66. The zero-order valence-electron chi connectivity index (χ0n) is 14.5. The summed E-state index contributed by atoms with van der Waals surface area (Å²) in [6.45, 7) is 10.7. The molecule has 0 heterocycles. The summed E-state index contributed by atoms with van der Waals surface area (Å²) in [5, 5.41) is 0. The Morgan fingerprint density at radius 3 is 2.43 bits per heavy atom.